The quantitative estimate of drug-likeness (QED) is 0.482. The van der Waals surface area contributed by atoms with Gasteiger partial charge in [0.15, 0.2) is 0 Å². The summed E-state index contributed by atoms with van der Waals surface area (Å²) in [5.41, 5.74) is 2.55. The zero-order valence-electron chi connectivity index (χ0n) is 17.0. The van der Waals surface area contributed by atoms with Crippen LogP contribution in [0.15, 0.2) is 48.9 Å². The number of pyridine rings is 1. The molecule has 160 valence electrons. The zero-order valence-corrected chi connectivity index (χ0v) is 17.8. The Bertz CT molecular complexity index is 1080. The average molecular weight is 440 g/mol. The van der Waals surface area contributed by atoms with Gasteiger partial charge in [0.2, 0.25) is 5.88 Å². The van der Waals surface area contributed by atoms with E-state index in [4.69, 9.17) is 4.74 Å². The summed E-state index contributed by atoms with van der Waals surface area (Å²) >= 11 is 1.70. The molecule has 0 unspecified atom stereocenters. The molecular formula is C22H22FN5O2S. The number of nitrogens with zero attached hydrogens (tertiary/aromatic N) is 3. The van der Waals surface area contributed by atoms with Crippen molar-refractivity contribution in [2.45, 2.75) is 31.6 Å². The fourth-order valence-electron chi connectivity index (χ4n) is 2.80. The summed E-state index contributed by atoms with van der Waals surface area (Å²) in [4.78, 5) is 25.1. The standard InChI is InChI=1S/C22H22FN5O2S/c1-2-30-21-13-24-12-20(27-21)14-3-6-18(19(23)9-14)22(29)26-11-16-10-15(7-8-25-16)28-31-17-4-5-17/h3,6-10,12-13,17H,2,4-5,11H2,1H3,(H,25,28)(H,26,29). The Kier molecular flexibility index (Phi) is 6.61. The average Bonchev–Trinajstić information content (AvgIpc) is 3.61. The van der Waals surface area contributed by atoms with Gasteiger partial charge < -0.3 is 14.8 Å². The molecule has 1 aliphatic rings. The highest BCUT2D eigenvalue weighted by Crippen LogP contribution is 2.34. The number of anilines is 1. The fourth-order valence-corrected chi connectivity index (χ4v) is 3.61. The van der Waals surface area contributed by atoms with Gasteiger partial charge in [0.05, 0.1) is 42.5 Å². The zero-order chi connectivity index (χ0) is 21.6. The minimum atomic E-state index is -0.636. The SMILES string of the molecule is CCOc1cncc(-c2ccc(C(=O)NCc3cc(NSC4CC4)ccn3)c(F)c2)n1. The molecule has 1 amide bonds. The number of nitrogens with one attached hydrogen (secondary N) is 2. The predicted octanol–water partition coefficient (Wildman–Crippen LogP) is 4.23. The van der Waals surface area contributed by atoms with Gasteiger partial charge >= 0.3 is 0 Å². The third kappa shape index (κ3) is 5.69. The number of benzene rings is 1. The van der Waals surface area contributed by atoms with E-state index in [0.29, 0.717) is 34.7 Å². The van der Waals surface area contributed by atoms with E-state index in [9.17, 15) is 9.18 Å². The van der Waals surface area contributed by atoms with Crippen LogP contribution < -0.4 is 14.8 Å². The first-order valence-electron chi connectivity index (χ1n) is 10.0. The van der Waals surface area contributed by atoms with Crippen molar-refractivity contribution in [3.8, 4) is 17.1 Å². The second kappa shape index (κ2) is 9.74. The maximum atomic E-state index is 14.6. The molecule has 1 saturated carbocycles. The normalized spacial score (nSPS) is 13.0. The van der Waals surface area contributed by atoms with Crippen LogP contribution in [0.1, 0.15) is 35.8 Å². The Morgan fingerprint density at radius 1 is 1.26 bits per heavy atom. The van der Waals surface area contributed by atoms with Crippen LogP contribution in [-0.4, -0.2) is 32.7 Å². The van der Waals surface area contributed by atoms with Crippen LogP contribution in [0, 0.1) is 5.82 Å². The summed E-state index contributed by atoms with van der Waals surface area (Å²) in [6.07, 6.45) is 7.17. The highest BCUT2D eigenvalue weighted by Gasteiger charge is 2.22. The molecule has 4 rings (SSSR count). The molecule has 2 heterocycles. The van der Waals surface area contributed by atoms with Crippen molar-refractivity contribution in [1.82, 2.24) is 20.3 Å². The van der Waals surface area contributed by atoms with Crippen LogP contribution in [0.4, 0.5) is 10.1 Å². The van der Waals surface area contributed by atoms with Crippen LogP contribution in [0.3, 0.4) is 0 Å². The Morgan fingerprint density at radius 2 is 2.13 bits per heavy atom. The van der Waals surface area contributed by atoms with Gasteiger partial charge in [0.25, 0.3) is 5.91 Å². The first kappa shape index (κ1) is 21.0. The van der Waals surface area contributed by atoms with Crippen LogP contribution in [-0.2, 0) is 6.54 Å². The Hall–Kier alpha value is -3.20. The van der Waals surface area contributed by atoms with Crippen molar-refractivity contribution < 1.29 is 13.9 Å². The molecule has 3 aromatic rings. The molecule has 9 heteroatoms. The van der Waals surface area contributed by atoms with Crippen molar-refractivity contribution >= 4 is 23.5 Å². The molecule has 0 radical (unpaired) electrons. The number of hydrogen-bond acceptors (Lipinski definition) is 7. The Labute approximate surface area is 184 Å². The monoisotopic (exact) mass is 439 g/mol. The van der Waals surface area contributed by atoms with E-state index in [0.717, 1.165) is 5.69 Å². The smallest absolute Gasteiger partial charge is 0.254 e. The van der Waals surface area contributed by atoms with E-state index in [1.807, 2.05) is 19.1 Å². The molecule has 31 heavy (non-hydrogen) atoms. The molecule has 1 aromatic carbocycles. The number of ether oxygens (including phenoxy) is 1. The van der Waals surface area contributed by atoms with E-state index in [1.54, 1.807) is 24.2 Å². The van der Waals surface area contributed by atoms with Crippen LogP contribution >= 0.6 is 11.9 Å². The van der Waals surface area contributed by atoms with E-state index in [-0.39, 0.29) is 12.1 Å². The van der Waals surface area contributed by atoms with E-state index in [1.165, 1.54) is 37.4 Å². The highest BCUT2D eigenvalue weighted by atomic mass is 32.2. The molecule has 7 nitrogen and oxygen atoms in total. The number of rotatable bonds is 9. The molecule has 1 fully saturated rings. The number of carbonyl (C=O) groups is 1. The first-order valence-corrected chi connectivity index (χ1v) is 10.9. The van der Waals surface area contributed by atoms with Gasteiger partial charge in [-0.05, 0) is 56.0 Å². The molecule has 0 spiro atoms. The van der Waals surface area contributed by atoms with Crippen molar-refractivity contribution in [3.63, 3.8) is 0 Å². The molecule has 2 N–H and O–H groups in total. The van der Waals surface area contributed by atoms with E-state index >= 15 is 0 Å². The minimum Gasteiger partial charge on any atom is -0.477 e. The van der Waals surface area contributed by atoms with Crippen LogP contribution in [0.2, 0.25) is 0 Å². The molecule has 0 aliphatic heterocycles. The van der Waals surface area contributed by atoms with Crippen molar-refractivity contribution in [2.75, 3.05) is 11.3 Å². The van der Waals surface area contributed by atoms with E-state index < -0.39 is 11.7 Å². The molecule has 0 bridgehead atoms. The number of aromatic nitrogens is 3. The Balaban J connectivity index is 1.39. The van der Waals surface area contributed by atoms with Gasteiger partial charge in [-0.1, -0.05) is 6.07 Å². The molecular weight excluding hydrogens is 417 g/mol. The number of carbonyl (C=O) groups excluding carboxylic acids is 1. The lowest BCUT2D eigenvalue weighted by atomic mass is 10.1. The van der Waals surface area contributed by atoms with Gasteiger partial charge in [-0.15, -0.1) is 0 Å². The van der Waals surface area contributed by atoms with Gasteiger partial charge in [-0.25, -0.2) is 9.37 Å². The molecule has 1 aliphatic carbocycles. The summed E-state index contributed by atoms with van der Waals surface area (Å²) in [7, 11) is 0. The van der Waals surface area contributed by atoms with Crippen LogP contribution in [0.5, 0.6) is 5.88 Å². The molecule has 0 saturated heterocycles. The summed E-state index contributed by atoms with van der Waals surface area (Å²) in [5, 5.41) is 3.40. The number of amides is 1. The topological polar surface area (TPSA) is 89.0 Å². The van der Waals surface area contributed by atoms with Crippen molar-refractivity contribution in [3.05, 3.63) is 66.0 Å². The summed E-state index contributed by atoms with van der Waals surface area (Å²) in [5.74, 6) is -0.782. The summed E-state index contributed by atoms with van der Waals surface area (Å²) < 4.78 is 23.3. The lowest BCUT2D eigenvalue weighted by molar-refractivity contribution is 0.0946. The van der Waals surface area contributed by atoms with Crippen molar-refractivity contribution in [2.24, 2.45) is 0 Å². The third-order valence-corrected chi connectivity index (χ3v) is 5.69. The molecule has 2 aromatic heterocycles. The second-order valence-corrected chi connectivity index (χ2v) is 8.11. The minimum absolute atomic E-state index is 0.0451. The fraction of sp³-hybridized carbons (Fsp3) is 0.273. The largest absolute Gasteiger partial charge is 0.477 e. The summed E-state index contributed by atoms with van der Waals surface area (Å²) in [6.45, 7) is 2.50. The predicted molar refractivity (Wildman–Crippen MR) is 118 cm³/mol. The maximum absolute atomic E-state index is 14.6. The third-order valence-electron chi connectivity index (χ3n) is 4.53. The van der Waals surface area contributed by atoms with Gasteiger partial charge in [-0.2, -0.15) is 0 Å². The second-order valence-electron chi connectivity index (χ2n) is 7.01. The van der Waals surface area contributed by atoms with Gasteiger partial charge in [0.1, 0.15) is 5.82 Å². The maximum Gasteiger partial charge on any atom is 0.254 e. The lowest BCUT2D eigenvalue weighted by Gasteiger charge is -2.09. The van der Waals surface area contributed by atoms with Gasteiger partial charge in [-0.3, -0.25) is 14.8 Å². The van der Waals surface area contributed by atoms with E-state index in [2.05, 4.69) is 25.0 Å². The molecule has 0 atom stereocenters. The number of hydrogen-bond donors (Lipinski definition) is 2. The van der Waals surface area contributed by atoms with Crippen LogP contribution in [0.25, 0.3) is 11.3 Å². The van der Waals surface area contributed by atoms with Crippen molar-refractivity contribution in [1.29, 1.82) is 0 Å². The highest BCUT2D eigenvalue weighted by molar-refractivity contribution is 8.01. The number of halogens is 1. The first-order chi connectivity index (χ1) is 15.1. The van der Waals surface area contributed by atoms with Gasteiger partial charge in [0, 0.05) is 22.7 Å². The summed E-state index contributed by atoms with van der Waals surface area (Å²) in [6, 6.07) is 8.09. The lowest BCUT2D eigenvalue weighted by Crippen LogP contribution is -2.24. The Morgan fingerprint density at radius 3 is 2.90 bits per heavy atom.